The van der Waals surface area contributed by atoms with Crippen molar-refractivity contribution in [3.63, 3.8) is 0 Å². The number of anilines is 1. The monoisotopic (exact) mass is 275 g/mol. The minimum absolute atomic E-state index is 0.131. The van der Waals surface area contributed by atoms with Crippen LogP contribution in [0.15, 0.2) is 12.1 Å². The average molecular weight is 275 g/mol. The zero-order chi connectivity index (χ0) is 14.8. The van der Waals surface area contributed by atoms with Gasteiger partial charge >= 0.3 is 0 Å². The van der Waals surface area contributed by atoms with E-state index in [1.54, 1.807) is 0 Å². The number of pyridine rings is 1. The van der Waals surface area contributed by atoms with E-state index in [1.165, 1.54) is 0 Å². The minimum Gasteiger partial charge on any atom is -0.373 e. The minimum atomic E-state index is 0.131. The van der Waals surface area contributed by atoms with E-state index in [4.69, 9.17) is 0 Å². The molecule has 0 unspecified atom stereocenters. The Labute approximate surface area is 121 Å². The molecule has 1 saturated heterocycles. The molecule has 110 valence electrons. The van der Waals surface area contributed by atoms with E-state index in [2.05, 4.69) is 31.1 Å². The summed E-state index contributed by atoms with van der Waals surface area (Å²) in [6, 6.07) is 3.80. The first-order valence-corrected chi connectivity index (χ1v) is 7.43. The van der Waals surface area contributed by atoms with Gasteiger partial charge in [-0.15, -0.1) is 0 Å². The van der Waals surface area contributed by atoms with Crippen LogP contribution in [0.25, 0.3) is 0 Å². The first-order chi connectivity index (χ1) is 9.45. The maximum atomic E-state index is 12.6. The molecule has 20 heavy (non-hydrogen) atoms. The Bertz CT molecular complexity index is 496. The van der Waals surface area contributed by atoms with Crippen molar-refractivity contribution in [2.75, 3.05) is 25.5 Å². The fourth-order valence-electron chi connectivity index (χ4n) is 2.69. The lowest BCUT2D eigenvalue weighted by Crippen LogP contribution is -2.30. The normalized spacial score (nSPS) is 17.3. The second-order valence-electron chi connectivity index (χ2n) is 6.37. The highest BCUT2D eigenvalue weighted by molar-refractivity contribution is 5.95. The van der Waals surface area contributed by atoms with E-state index in [0.717, 1.165) is 49.4 Å². The van der Waals surface area contributed by atoms with Crippen LogP contribution in [0.5, 0.6) is 0 Å². The van der Waals surface area contributed by atoms with Crippen molar-refractivity contribution in [2.24, 2.45) is 5.41 Å². The third kappa shape index (κ3) is 3.30. The van der Waals surface area contributed by atoms with Gasteiger partial charge in [0.05, 0.1) is 0 Å². The Kier molecular flexibility index (Phi) is 4.31. The molecule has 0 aliphatic carbocycles. The third-order valence-electron chi connectivity index (χ3n) is 3.85. The van der Waals surface area contributed by atoms with Gasteiger partial charge in [0.1, 0.15) is 5.82 Å². The second-order valence-corrected chi connectivity index (χ2v) is 6.37. The van der Waals surface area contributed by atoms with Crippen molar-refractivity contribution in [2.45, 2.75) is 40.0 Å². The highest BCUT2D eigenvalue weighted by Gasteiger charge is 2.32. The lowest BCUT2D eigenvalue weighted by Gasteiger charge is -2.20. The summed E-state index contributed by atoms with van der Waals surface area (Å²) in [7, 11) is 1.84. The summed E-state index contributed by atoms with van der Waals surface area (Å²) in [4.78, 5) is 19.1. The Hall–Kier alpha value is -1.58. The summed E-state index contributed by atoms with van der Waals surface area (Å²) in [5, 5.41) is 3.05. The van der Waals surface area contributed by atoms with Gasteiger partial charge in [-0.2, -0.15) is 0 Å². The fraction of sp³-hybridized carbons (Fsp3) is 0.625. The highest BCUT2D eigenvalue weighted by Crippen LogP contribution is 2.30. The summed E-state index contributed by atoms with van der Waals surface area (Å²) in [5.41, 5.74) is 1.98. The number of hydrogen-bond acceptors (Lipinski definition) is 3. The molecule has 0 aromatic carbocycles. The Morgan fingerprint density at radius 3 is 2.75 bits per heavy atom. The van der Waals surface area contributed by atoms with Gasteiger partial charge in [0, 0.05) is 31.4 Å². The molecule has 2 heterocycles. The Morgan fingerprint density at radius 1 is 1.45 bits per heavy atom. The van der Waals surface area contributed by atoms with Crippen molar-refractivity contribution >= 4 is 11.7 Å². The van der Waals surface area contributed by atoms with Crippen LogP contribution in [0.1, 0.15) is 49.7 Å². The smallest absolute Gasteiger partial charge is 0.254 e. The predicted molar refractivity (Wildman–Crippen MR) is 82.1 cm³/mol. The lowest BCUT2D eigenvalue weighted by atomic mass is 9.93. The molecule has 1 aromatic heterocycles. The fourth-order valence-corrected chi connectivity index (χ4v) is 2.69. The Morgan fingerprint density at radius 2 is 2.20 bits per heavy atom. The average Bonchev–Trinajstić information content (AvgIpc) is 2.78. The molecule has 0 saturated carbocycles. The van der Waals surface area contributed by atoms with Crippen LogP contribution < -0.4 is 5.32 Å². The summed E-state index contributed by atoms with van der Waals surface area (Å²) < 4.78 is 0. The molecule has 0 atom stereocenters. The number of rotatable bonds is 4. The zero-order valence-corrected chi connectivity index (χ0v) is 13.0. The van der Waals surface area contributed by atoms with E-state index in [9.17, 15) is 4.79 Å². The second kappa shape index (κ2) is 5.81. The van der Waals surface area contributed by atoms with Crippen molar-refractivity contribution in [1.29, 1.82) is 0 Å². The standard InChI is InChI=1S/C16H25N3O/c1-5-6-13-9-12(10-14(17-4)18-13)15(20)19-8-7-16(2,3)11-19/h9-10H,5-8,11H2,1-4H3,(H,17,18). The number of aryl methyl sites for hydroxylation is 1. The van der Waals surface area contributed by atoms with E-state index in [0.29, 0.717) is 0 Å². The first-order valence-electron chi connectivity index (χ1n) is 7.43. The Balaban J connectivity index is 2.23. The van der Waals surface area contributed by atoms with Crippen molar-refractivity contribution < 1.29 is 4.79 Å². The summed E-state index contributed by atoms with van der Waals surface area (Å²) in [5.74, 6) is 0.907. The molecule has 0 radical (unpaired) electrons. The first kappa shape index (κ1) is 14.8. The molecule has 2 rings (SSSR count). The molecule has 1 fully saturated rings. The molecule has 1 aliphatic rings. The van der Waals surface area contributed by atoms with Crippen LogP contribution >= 0.6 is 0 Å². The van der Waals surface area contributed by atoms with Gasteiger partial charge < -0.3 is 10.2 Å². The van der Waals surface area contributed by atoms with Crippen molar-refractivity contribution in [1.82, 2.24) is 9.88 Å². The molecule has 1 amide bonds. The maximum absolute atomic E-state index is 12.6. The number of hydrogen-bond donors (Lipinski definition) is 1. The highest BCUT2D eigenvalue weighted by atomic mass is 16.2. The van der Waals surface area contributed by atoms with Crippen LogP contribution in [0.3, 0.4) is 0 Å². The summed E-state index contributed by atoms with van der Waals surface area (Å²) in [6.07, 6.45) is 3.01. The number of nitrogens with zero attached hydrogens (tertiary/aromatic N) is 2. The largest absolute Gasteiger partial charge is 0.373 e. The van der Waals surface area contributed by atoms with Gasteiger partial charge in [0.2, 0.25) is 0 Å². The maximum Gasteiger partial charge on any atom is 0.254 e. The number of amides is 1. The van der Waals surface area contributed by atoms with Gasteiger partial charge in [-0.3, -0.25) is 4.79 Å². The third-order valence-corrected chi connectivity index (χ3v) is 3.85. The van der Waals surface area contributed by atoms with E-state index < -0.39 is 0 Å². The van der Waals surface area contributed by atoms with Crippen LogP contribution in [-0.4, -0.2) is 35.9 Å². The van der Waals surface area contributed by atoms with E-state index in [1.807, 2.05) is 24.1 Å². The van der Waals surface area contributed by atoms with Crippen LogP contribution in [0.4, 0.5) is 5.82 Å². The molecule has 4 nitrogen and oxygen atoms in total. The number of carbonyl (C=O) groups is 1. The molecule has 0 bridgehead atoms. The van der Waals surface area contributed by atoms with Gasteiger partial charge in [-0.05, 0) is 30.4 Å². The topological polar surface area (TPSA) is 45.2 Å². The van der Waals surface area contributed by atoms with Gasteiger partial charge in [-0.1, -0.05) is 27.2 Å². The summed E-state index contributed by atoms with van der Waals surface area (Å²) in [6.45, 7) is 8.25. The van der Waals surface area contributed by atoms with Crippen molar-refractivity contribution in [3.8, 4) is 0 Å². The number of likely N-dealkylation sites (tertiary alicyclic amines) is 1. The zero-order valence-electron chi connectivity index (χ0n) is 13.0. The molecular weight excluding hydrogens is 250 g/mol. The number of carbonyl (C=O) groups excluding carboxylic acids is 1. The van der Waals surface area contributed by atoms with Crippen LogP contribution in [0, 0.1) is 5.41 Å². The van der Waals surface area contributed by atoms with Gasteiger partial charge in [0.25, 0.3) is 5.91 Å². The molecule has 4 heteroatoms. The SMILES string of the molecule is CCCc1cc(C(=O)N2CCC(C)(C)C2)cc(NC)n1. The number of aromatic nitrogens is 1. The van der Waals surface area contributed by atoms with Gasteiger partial charge in [-0.25, -0.2) is 4.98 Å². The quantitative estimate of drug-likeness (QED) is 0.919. The van der Waals surface area contributed by atoms with Gasteiger partial charge in [0.15, 0.2) is 0 Å². The summed E-state index contributed by atoms with van der Waals surface area (Å²) >= 11 is 0. The van der Waals surface area contributed by atoms with Crippen LogP contribution in [-0.2, 0) is 6.42 Å². The molecule has 1 N–H and O–H groups in total. The van der Waals surface area contributed by atoms with E-state index in [-0.39, 0.29) is 11.3 Å². The van der Waals surface area contributed by atoms with E-state index >= 15 is 0 Å². The molecule has 1 aromatic rings. The predicted octanol–water partition coefficient (Wildman–Crippen LogP) is 2.95. The molecule has 1 aliphatic heterocycles. The lowest BCUT2D eigenvalue weighted by molar-refractivity contribution is 0.0778. The molecular formula is C16H25N3O. The molecule has 0 spiro atoms. The van der Waals surface area contributed by atoms with Crippen molar-refractivity contribution in [3.05, 3.63) is 23.4 Å². The number of nitrogens with one attached hydrogen (secondary N) is 1. The van der Waals surface area contributed by atoms with Crippen LogP contribution in [0.2, 0.25) is 0 Å².